The van der Waals surface area contributed by atoms with Crippen LogP contribution in [0.2, 0.25) is 10.0 Å². The Morgan fingerprint density at radius 2 is 1.83 bits per heavy atom. The van der Waals surface area contributed by atoms with Crippen LogP contribution < -0.4 is 10.5 Å². The van der Waals surface area contributed by atoms with Gasteiger partial charge in [0.15, 0.2) is 0 Å². The summed E-state index contributed by atoms with van der Waals surface area (Å²) in [5.74, 6) is 0. The summed E-state index contributed by atoms with van der Waals surface area (Å²) in [4.78, 5) is 13.6. The van der Waals surface area contributed by atoms with Gasteiger partial charge in [0, 0.05) is 30.2 Å². The Hall–Kier alpha value is -1.19. The van der Waals surface area contributed by atoms with E-state index >= 15 is 0 Å². The molecule has 1 aromatic heterocycles. The first-order valence-corrected chi connectivity index (χ1v) is 6.50. The Morgan fingerprint density at radius 1 is 1.17 bits per heavy atom. The maximum Gasteiger partial charge on any atom is 0.356 e. The van der Waals surface area contributed by atoms with Crippen molar-refractivity contribution in [3.05, 3.63) is 38.7 Å². The van der Waals surface area contributed by atoms with Crippen LogP contribution in [-0.2, 0) is 0 Å². The van der Waals surface area contributed by atoms with Crippen LogP contribution in [0, 0.1) is 0 Å². The van der Waals surface area contributed by atoms with E-state index in [1.54, 1.807) is 0 Å². The van der Waals surface area contributed by atoms with E-state index in [1.165, 1.54) is 0 Å². The first-order chi connectivity index (χ1) is 8.58. The van der Waals surface area contributed by atoms with Crippen molar-refractivity contribution in [1.29, 1.82) is 0 Å². The highest BCUT2D eigenvalue weighted by Gasteiger charge is 2.12. The van der Waals surface area contributed by atoms with Crippen molar-refractivity contribution >= 4 is 39.9 Å². The van der Waals surface area contributed by atoms with Gasteiger partial charge in [0.2, 0.25) is 0 Å². The van der Waals surface area contributed by atoms with Gasteiger partial charge >= 0.3 is 5.63 Å². The molecule has 0 atom stereocenters. The van der Waals surface area contributed by atoms with E-state index < -0.39 is 5.63 Å². The Kier molecular flexibility index (Phi) is 3.83. The third-order valence-electron chi connectivity index (χ3n) is 2.90. The molecule has 0 unspecified atom stereocenters. The van der Waals surface area contributed by atoms with Crippen molar-refractivity contribution in [3.63, 3.8) is 0 Å². The smallest absolute Gasteiger partial charge is 0.356 e. The quantitative estimate of drug-likeness (QED) is 0.801. The summed E-state index contributed by atoms with van der Waals surface area (Å²) in [6, 6.07) is 5.57. The van der Waals surface area contributed by atoms with Crippen LogP contribution in [0.1, 0.15) is 13.8 Å². The standard InChI is InChI=1S/C13H13Cl2NO2/c1-3-16(4-2)8-5-6-9-10(7-8)18-13(17)12(15)11(9)14/h5-7H,3-4H2,1-2H3. The molecule has 0 saturated carbocycles. The molecular weight excluding hydrogens is 273 g/mol. The van der Waals surface area contributed by atoms with Gasteiger partial charge in [-0.2, -0.15) is 0 Å². The lowest BCUT2D eigenvalue weighted by molar-refractivity contribution is 0.561. The third-order valence-corrected chi connectivity index (χ3v) is 3.74. The lowest BCUT2D eigenvalue weighted by Crippen LogP contribution is -2.21. The van der Waals surface area contributed by atoms with Gasteiger partial charge in [-0.25, -0.2) is 4.79 Å². The number of hydrogen-bond acceptors (Lipinski definition) is 3. The largest absolute Gasteiger partial charge is 0.421 e. The SMILES string of the molecule is CCN(CC)c1ccc2c(Cl)c(Cl)c(=O)oc2c1. The molecule has 1 heterocycles. The Morgan fingerprint density at radius 3 is 2.44 bits per heavy atom. The third kappa shape index (κ3) is 2.20. The van der Waals surface area contributed by atoms with Crippen molar-refractivity contribution in [2.75, 3.05) is 18.0 Å². The minimum Gasteiger partial charge on any atom is -0.421 e. The molecule has 5 heteroatoms. The van der Waals surface area contributed by atoms with Gasteiger partial charge in [-0.15, -0.1) is 0 Å². The van der Waals surface area contributed by atoms with E-state index in [2.05, 4.69) is 18.7 Å². The number of fused-ring (bicyclic) bond motifs is 1. The molecule has 0 N–H and O–H groups in total. The van der Waals surface area contributed by atoms with Crippen molar-refractivity contribution in [3.8, 4) is 0 Å². The van der Waals surface area contributed by atoms with Gasteiger partial charge in [-0.3, -0.25) is 0 Å². The lowest BCUT2D eigenvalue weighted by Gasteiger charge is -2.21. The number of hydrogen-bond donors (Lipinski definition) is 0. The van der Waals surface area contributed by atoms with Crippen LogP contribution in [0.15, 0.2) is 27.4 Å². The van der Waals surface area contributed by atoms with Crippen LogP contribution >= 0.6 is 23.2 Å². The summed E-state index contributed by atoms with van der Waals surface area (Å²) in [6.45, 7) is 5.90. The van der Waals surface area contributed by atoms with Gasteiger partial charge in [0.05, 0.1) is 5.02 Å². The fraction of sp³-hybridized carbons (Fsp3) is 0.308. The van der Waals surface area contributed by atoms with Gasteiger partial charge in [0.25, 0.3) is 0 Å². The molecule has 0 aliphatic rings. The van der Waals surface area contributed by atoms with Gasteiger partial charge in [0.1, 0.15) is 10.6 Å². The molecule has 96 valence electrons. The van der Waals surface area contributed by atoms with E-state index in [-0.39, 0.29) is 10.0 Å². The summed E-state index contributed by atoms with van der Waals surface area (Å²) >= 11 is 11.8. The highest BCUT2D eigenvalue weighted by Crippen LogP contribution is 2.30. The maximum absolute atomic E-state index is 11.5. The second-order valence-corrected chi connectivity index (χ2v) is 4.63. The van der Waals surface area contributed by atoms with Crippen molar-refractivity contribution in [1.82, 2.24) is 0 Å². The molecule has 18 heavy (non-hydrogen) atoms. The molecule has 0 aliphatic carbocycles. The first-order valence-electron chi connectivity index (χ1n) is 5.75. The molecule has 3 nitrogen and oxygen atoms in total. The predicted octanol–water partition coefficient (Wildman–Crippen LogP) is 3.95. The topological polar surface area (TPSA) is 33.5 Å². The Bertz CT molecular complexity index is 633. The molecule has 0 spiro atoms. The number of rotatable bonds is 3. The lowest BCUT2D eigenvalue weighted by atomic mass is 10.2. The highest BCUT2D eigenvalue weighted by atomic mass is 35.5. The number of nitrogens with zero attached hydrogens (tertiary/aromatic N) is 1. The monoisotopic (exact) mass is 285 g/mol. The molecule has 0 bridgehead atoms. The van der Waals surface area contributed by atoms with Crippen molar-refractivity contribution < 1.29 is 4.42 Å². The Balaban J connectivity index is 2.66. The van der Waals surface area contributed by atoms with Crippen LogP contribution in [0.4, 0.5) is 5.69 Å². The van der Waals surface area contributed by atoms with E-state index in [9.17, 15) is 4.79 Å². The zero-order chi connectivity index (χ0) is 13.3. The van der Waals surface area contributed by atoms with E-state index in [0.717, 1.165) is 18.8 Å². The van der Waals surface area contributed by atoms with E-state index in [4.69, 9.17) is 27.6 Å². The second-order valence-electron chi connectivity index (χ2n) is 3.87. The molecule has 0 saturated heterocycles. The van der Waals surface area contributed by atoms with Gasteiger partial charge in [-0.1, -0.05) is 23.2 Å². The maximum atomic E-state index is 11.5. The van der Waals surface area contributed by atoms with Crippen LogP contribution in [0.3, 0.4) is 0 Å². The van der Waals surface area contributed by atoms with Crippen LogP contribution in [0.25, 0.3) is 11.0 Å². The highest BCUT2D eigenvalue weighted by molar-refractivity contribution is 6.44. The molecule has 2 rings (SSSR count). The molecule has 0 fully saturated rings. The van der Waals surface area contributed by atoms with Crippen molar-refractivity contribution in [2.45, 2.75) is 13.8 Å². The average Bonchev–Trinajstić information content (AvgIpc) is 2.37. The van der Waals surface area contributed by atoms with E-state index in [1.807, 2.05) is 18.2 Å². The summed E-state index contributed by atoms with van der Waals surface area (Å²) in [5, 5.41) is 0.825. The zero-order valence-corrected chi connectivity index (χ0v) is 11.7. The first kappa shape index (κ1) is 13.2. The summed E-state index contributed by atoms with van der Waals surface area (Å²) in [7, 11) is 0. The van der Waals surface area contributed by atoms with Crippen molar-refractivity contribution in [2.24, 2.45) is 0 Å². The molecule has 0 amide bonds. The molecule has 2 aromatic rings. The fourth-order valence-corrected chi connectivity index (χ4v) is 2.29. The van der Waals surface area contributed by atoms with Crippen LogP contribution in [0.5, 0.6) is 0 Å². The predicted molar refractivity (Wildman–Crippen MR) is 76.1 cm³/mol. The number of anilines is 1. The minimum absolute atomic E-state index is 0.0697. The number of benzene rings is 1. The summed E-state index contributed by atoms with van der Waals surface area (Å²) in [5.41, 5.74) is 0.846. The average molecular weight is 286 g/mol. The molecule has 0 aliphatic heterocycles. The zero-order valence-electron chi connectivity index (χ0n) is 10.2. The summed E-state index contributed by atoms with van der Waals surface area (Å²) < 4.78 is 5.15. The normalized spacial score (nSPS) is 10.9. The van der Waals surface area contributed by atoms with Crippen LogP contribution in [-0.4, -0.2) is 13.1 Å². The second kappa shape index (κ2) is 5.21. The summed E-state index contributed by atoms with van der Waals surface area (Å²) in [6.07, 6.45) is 0. The van der Waals surface area contributed by atoms with E-state index in [0.29, 0.717) is 11.0 Å². The van der Waals surface area contributed by atoms with Gasteiger partial charge in [-0.05, 0) is 26.0 Å². The Labute approximate surface area is 115 Å². The number of halogens is 2. The molecule has 1 aromatic carbocycles. The fourth-order valence-electron chi connectivity index (χ4n) is 1.91. The minimum atomic E-state index is -0.606. The molecular formula is C13H13Cl2NO2. The van der Waals surface area contributed by atoms with Gasteiger partial charge < -0.3 is 9.32 Å². The molecule has 0 radical (unpaired) electrons.